The largest absolute Gasteiger partial charge is 0.357 e. The van der Waals surface area contributed by atoms with Crippen LogP contribution < -0.4 is 10.6 Å². The summed E-state index contributed by atoms with van der Waals surface area (Å²) in [7, 11) is -3.20. The zero-order valence-corrected chi connectivity index (χ0v) is 16.1. The van der Waals surface area contributed by atoms with E-state index in [-0.39, 0.29) is 36.3 Å². The summed E-state index contributed by atoms with van der Waals surface area (Å²) in [5, 5.41) is 5.94. The van der Waals surface area contributed by atoms with Gasteiger partial charge in [-0.05, 0) is 6.92 Å². The topological polar surface area (TPSA) is 73.8 Å². The fraction of sp³-hybridized carbons (Fsp3) is 0.750. The Hall–Kier alpha value is -0.180. The van der Waals surface area contributed by atoms with Crippen LogP contribution in [0.25, 0.3) is 0 Å². The smallest absolute Gasteiger partial charge is 0.215 e. The van der Waals surface area contributed by atoms with Crippen molar-refractivity contribution in [2.45, 2.75) is 6.92 Å². The molecule has 0 aromatic rings. The van der Waals surface area contributed by atoms with Gasteiger partial charge in [0.15, 0.2) is 5.96 Å². The number of nitrogens with zero attached hydrogens (tertiary/aromatic N) is 2. The Balaban J connectivity index is 0.00000400. The van der Waals surface area contributed by atoms with Crippen molar-refractivity contribution in [3.63, 3.8) is 0 Å². The first-order valence-electron chi connectivity index (χ1n) is 6.61. The van der Waals surface area contributed by atoms with Crippen LogP contribution in [0.3, 0.4) is 0 Å². The molecule has 1 aliphatic rings. The minimum absolute atomic E-state index is 0. The zero-order chi connectivity index (χ0) is 14.8. The second kappa shape index (κ2) is 11.4. The van der Waals surface area contributed by atoms with Gasteiger partial charge in [0.2, 0.25) is 10.0 Å². The number of rotatable bonds is 6. The summed E-state index contributed by atoms with van der Waals surface area (Å²) < 4.78 is 25.8. The fourth-order valence-corrected chi connectivity index (χ4v) is 4.16. The van der Waals surface area contributed by atoms with Gasteiger partial charge in [-0.1, -0.05) is 5.92 Å². The van der Waals surface area contributed by atoms with Crippen LogP contribution >= 0.6 is 35.7 Å². The average molecular weight is 446 g/mol. The van der Waals surface area contributed by atoms with E-state index in [9.17, 15) is 8.42 Å². The molecule has 122 valence electrons. The van der Waals surface area contributed by atoms with Crippen LogP contribution in [0.2, 0.25) is 0 Å². The van der Waals surface area contributed by atoms with Crippen molar-refractivity contribution in [2.75, 3.05) is 50.0 Å². The van der Waals surface area contributed by atoms with Crippen molar-refractivity contribution in [2.24, 2.45) is 4.99 Å². The Bertz CT molecular complexity index is 456. The van der Waals surface area contributed by atoms with Crippen LogP contribution in [0.4, 0.5) is 0 Å². The second-order valence-corrected chi connectivity index (χ2v) is 7.46. The number of nitrogens with one attached hydrogen (secondary N) is 2. The van der Waals surface area contributed by atoms with Gasteiger partial charge in [-0.15, -0.1) is 30.4 Å². The first-order valence-corrected chi connectivity index (χ1v) is 9.37. The summed E-state index contributed by atoms with van der Waals surface area (Å²) in [5.74, 6) is 4.78. The lowest BCUT2D eigenvalue weighted by Crippen LogP contribution is -2.40. The van der Waals surface area contributed by atoms with Crippen LogP contribution in [-0.4, -0.2) is 68.7 Å². The first-order chi connectivity index (χ1) is 9.60. The van der Waals surface area contributed by atoms with E-state index in [0.717, 1.165) is 11.5 Å². The van der Waals surface area contributed by atoms with E-state index >= 15 is 0 Å². The molecule has 0 radical (unpaired) electrons. The molecule has 0 aromatic carbocycles. The third-order valence-electron chi connectivity index (χ3n) is 2.68. The molecule has 21 heavy (non-hydrogen) atoms. The van der Waals surface area contributed by atoms with Gasteiger partial charge >= 0.3 is 0 Å². The van der Waals surface area contributed by atoms with Crippen LogP contribution in [-0.2, 0) is 10.0 Å². The Morgan fingerprint density at radius 2 is 2.05 bits per heavy atom. The molecule has 0 bridgehead atoms. The van der Waals surface area contributed by atoms with Gasteiger partial charge in [0.25, 0.3) is 0 Å². The molecule has 0 unspecified atom stereocenters. The van der Waals surface area contributed by atoms with Crippen molar-refractivity contribution in [1.82, 2.24) is 14.9 Å². The number of aliphatic imine (C=N–C) groups is 1. The van der Waals surface area contributed by atoms with Crippen LogP contribution in [0.5, 0.6) is 0 Å². The Kier molecular flexibility index (Phi) is 11.3. The summed E-state index contributed by atoms with van der Waals surface area (Å²) in [6.45, 7) is 4.44. The Labute approximate surface area is 149 Å². The number of hydrogen-bond acceptors (Lipinski definition) is 4. The number of thioether (sulfide) groups is 1. The highest BCUT2D eigenvalue weighted by atomic mass is 127. The lowest BCUT2D eigenvalue weighted by molar-refractivity contribution is 0.444. The summed E-state index contributed by atoms with van der Waals surface area (Å²) in [6.07, 6.45) is 5.17. The normalized spacial score (nSPS) is 16.7. The molecule has 0 aromatic heterocycles. The average Bonchev–Trinajstić information content (AvgIpc) is 2.45. The van der Waals surface area contributed by atoms with Crippen molar-refractivity contribution in [3.8, 4) is 12.3 Å². The predicted molar refractivity (Wildman–Crippen MR) is 101 cm³/mol. The minimum Gasteiger partial charge on any atom is -0.357 e. The first kappa shape index (κ1) is 20.8. The molecule has 0 atom stereocenters. The molecule has 6 nitrogen and oxygen atoms in total. The van der Waals surface area contributed by atoms with E-state index < -0.39 is 10.0 Å². The predicted octanol–water partition coefficient (Wildman–Crippen LogP) is 0.171. The maximum atomic E-state index is 12.1. The van der Waals surface area contributed by atoms with E-state index in [1.165, 1.54) is 0 Å². The highest BCUT2D eigenvalue weighted by molar-refractivity contribution is 14.0. The summed E-state index contributed by atoms with van der Waals surface area (Å²) in [4.78, 5) is 4.22. The Morgan fingerprint density at radius 1 is 1.38 bits per heavy atom. The molecule has 1 heterocycles. The highest BCUT2D eigenvalue weighted by Gasteiger charge is 2.23. The summed E-state index contributed by atoms with van der Waals surface area (Å²) in [6, 6.07) is 0. The maximum absolute atomic E-state index is 12.1. The molecule has 1 aliphatic heterocycles. The summed E-state index contributed by atoms with van der Waals surface area (Å²) >= 11 is 1.79. The molecule has 1 rings (SSSR count). The molecule has 1 saturated heterocycles. The Morgan fingerprint density at radius 3 is 2.62 bits per heavy atom. The van der Waals surface area contributed by atoms with E-state index in [0.29, 0.717) is 32.1 Å². The lowest BCUT2D eigenvalue weighted by atomic mass is 10.6. The molecule has 9 heteroatoms. The van der Waals surface area contributed by atoms with Gasteiger partial charge in [-0.25, -0.2) is 12.7 Å². The van der Waals surface area contributed by atoms with Crippen molar-refractivity contribution < 1.29 is 8.42 Å². The van der Waals surface area contributed by atoms with Crippen molar-refractivity contribution in [3.05, 3.63) is 0 Å². The monoisotopic (exact) mass is 446 g/mol. The highest BCUT2D eigenvalue weighted by Crippen LogP contribution is 2.13. The molecule has 0 saturated carbocycles. The van der Waals surface area contributed by atoms with E-state index in [4.69, 9.17) is 6.42 Å². The maximum Gasteiger partial charge on any atom is 0.215 e. The van der Waals surface area contributed by atoms with E-state index in [2.05, 4.69) is 21.5 Å². The molecule has 2 N–H and O–H groups in total. The molecular formula is C12H23IN4O2S2. The second-order valence-electron chi connectivity index (χ2n) is 4.15. The van der Waals surface area contributed by atoms with Crippen LogP contribution in [0.1, 0.15) is 6.92 Å². The third-order valence-corrected chi connectivity index (χ3v) is 5.48. The quantitative estimate of drug-likeness (QED) is 0.264. The molecular weight excluding hydrogens is 423 g/mol. The van der Waals surface area contributed by atoms with Gasteiger partial charge in [0.1, 0.15) is 0 Å². The van der Waals surface area contributed by atoms with Gasteiger partial charge in [0.05, 0.1) is 18.8 Å². The van der Waals surface area contributed by atoms with Gasteiger partial charge in [-0.3, -0.25) is 4.99 Å². The molecule has 1 fully saturated rings. The zero-order valence-electron chi connectivity index (χ0n) is 12.2. The van der Waals surface area contributed by atoms with Gasteiger partial charge in [0, 0.05) is 31.1 Å². The molecule has 0 aliphatic carbocycles. The fourth-order valence-electron chi connectivity index (χ4n) is 1.70. The van der Waals surface area contributed by atoms with E-state index in [1.807, 2.05) is 6.92 Å². The number of guanidine groups is 1. The third kappa shape index (κ3) is 8.13. The van der Waals surface area contributed by atoms with Crippen LogP contribution in [0, 0.1) is 12.3 Å². The number of terminal acetylenes is 1. The van der Waals surface area contributed by atoms with Crippen molar-refractivity contribution in [1.29, 1.82) is 0 Å². The lowest BCUT2D eigenvalue weighted by Gasteiger charge is -2.25. The van der Waals surface area contributed by atoms with Gasteiger partial charge < -0.3 is 10.6 Å². The summed E-state index contributed by atoms with van der Waals surface area (Å²) in [5.41, 5.74) is 0. The number of halogens is 1. The molecule has 0 amide bonds. The SMILES string of the molecule is C#CCNC(=NCCS(=O)(=O)N1CCSCC1)NCC.I. The number of hydrogen-bond donors (Lipinski definition) is 2. The minimum atomic E-state index is -3.20. The van der Waals surface area contributed by atoms with E-state index in [1.54, 1.807) is 16.1 Å². The number of sulfonamides is 1. The standard InChI is InChI=1S/C12H22N4O2S2.HI/c1-3-5-14-12(13-4-2)15-6-11-20(17,18)16-7-9-19-10-8-16;/h1H,4-11H2,2H3,(H2,13,14,15);1H. The molecule has 0 spiro atoms. The van der Waals surface area contributed by atoms with Crippen LogP contribution in [0.15, 0.2) is 4.99 Å². The van der Waals surface area contributed by atoms with Crippen molar-refractivity contribution >= 4 is 51.7 Å². The van der Waals surface area contributed by atoms with Gasteiger partial charge in [-0.2, -0.15) is 11.8 Å².